The number of hydrogen-bond donors (Lipinski definition) is 1. The van der Waals surface area contributed by atoms with Gasteiger partial charge in [0.25, 0.3) is 11.5 Å². The Morgan fingerprint density at radius 1 is 1.21 bits per heavy atom. The highest BCUT2D eigenvalue weighted by atomic mass is 16.5. The van der Waals surface area contributed by atoms with Crippen LogP contribution in [0.4, 0.5) is 5.69 Å². The smallest absolute Gasteiger partial charge is 0.274 e. The average Bonchev–Trinajstić information content (AvgIpc) is 3.30. The number of hydrogen-bond acceptors (Lipinski definition) is 6. The van der Waals surface area contributed by atoms with E-state index in [1.54, 1.807) is 33.5 Å². The zero-order valence-electron chi connectivity index (χ0n) is 19.1. The van der Waals surface area contributed by atoms with E-state index in [1.165, 1.54) is 0 Å². The zero-order chi connectivity index (χ0) is 23.1. The maximum Gasteiger partial charge on any atom is 0.274 e. The number of amides is 1. The fourth-order valence-electron chi connectivity index (χ4n) is 5.64. The molecule has 3 saturated carbocycles. The highest BCUT2D eigenvalue weighted by Crippen LogP contribution is 2.58. The van der Waals surface area contributed by atoms with Crippen LogP contribution in [0.3, 0.4) is 0 Å². The van der Waals surface area contributed by atoms with Gasteiger partial charge < -0.3 is 19.4 Å². The predicted molar refractivity (Wildman–Crippen MR) is 123 cm³/mol. The highest BCUT2D eigenvalue weighted by molar-refractivity contribution is 6.05. The summed E-state index contributed by atoms with van der Waals surface area (Å²) in [5, 5.41) is 2.80. The molecule has 34 heavy (non-hydrogen) atoms. The van der Waals surface area contributed by atoms with E-state index in [0.717, 1.165) is 50.6 Å². The first-order valence-electron chi connectivity index (χ1n) is 12.1. The fourth-order valence-corrected chi connectivity index (χ4v) is 5.64. The maximum atomic E-state index is 13.4. The summed E-state index contributed by atoms with van der Waals surface area (Å²) >= 11 is 0. The third-order valence-electron chi connectivity index (χ3n) is 7.82. The zero-order valence-corrected chi connectivity index (χ0v) is 19.1. The lowest BCUT2D eigenvalue weighted by Gasteiger charge is -2.41. The van der Waals surface area contributed by atoms with Crippen molar-refractivity contribution in [3.05, 3.63) is 52.3 Å². The summed E-state index contributed by atoms with van der Waals surface area (Å²) in [4.78, 5) is 35.6. The Hall–Kier alpha value is -3.20. The Balaban J connectivity index is 1.24. The normalized spacial score (nSPS) is 27.9. The van der Waals surface area contributed by atoms with E-state index in [0.29, 0.717) is 17.9 Å². The number of pyridine rings is 1. The van der Waals surface area contributed by atoms with Gasteiger partial charge in [-0.15, -0.1) is 0 Å². The topological polar surface area (TPSA) is 99.8 Å². The molecule has 0 aromatic carbocycles. The van der Waals surface area contributed by atoms with Gasteiger partial charge >= 0.3 is 0 Å². The van der Waals surface area contributed by atoms with Gasteiger partial charge in [0.2, 0.25) is 11.7 Å². The van der Waals surface area contributed by atoms with Crippen molar-refractivity contribution >= 4 is 17.4 Å². The lowest BCUT2D eigenvalue weighted by atomic mass is 9.62. The van der Waals surface area contributed by atoms with E-state index in [-0.39, 0.29) is 40.3 Å². The van der Waals surface area contributed by atoms with Gasteiger partial charge in [0, 0.05) is 30.0 Å². The van der Waals surface area contributed by atoms with Crippen molar-refractivity contribution in [1.29, 1.82) is 0 Å². The quantitative estimate of drug-likeness (QED) is 0.605. The molecule has 0 unspecified atom stereocenters. The molecule has 1 N–H and O–H groups in total. The van der Waals surface area contributed by atoms with Crippen LogP contribution in [0.25, 0.3) is 5.78 Å². The molecule has 9 heteroatoms. The van der Waals surface area contributed by atoms with Gasteiger partial charge in [-0.2, -0.15) is 4.98 Å². The largest absolute Gasteiger partial charge is 0.474 e. The number of ether oxygens (including phenoxy) is 2. The van der Waals surface area contributed by atoms with Crippen LogP contribution in [0.1, 0.15) is 74.0 Å². The van der Waals surface area contributed by atoms with Crippen LogP contribution in [0, 0.1) is 0 Å². The summed E-state index contributed by atoms with van der Waals surface area (Å²) in [5.41, 5.74) is 1.19. The number of nitrogens with zero attached hydrogens (tertiary/aromatic N) is 4. The minimum Gasteiger partial charge on any atom is -0.474 e. The summed E-state index contributed by atoms with van der Waals surface area (Å²) in [7, 11) is 0. The second-order valence-corrected chi connectivity index (χ2v) is 10.7. The molecule has 176 valence electrons. The van der Waals surface area contributed by atoms with Crippen LogP contribution >= 0.6 is 0 Å². The van der Waals surface area contributed by atoms with Crippen molar-refractivity contribution in [3.8, 4) is 5.88 Å². The molecule has 0 atom stereocenters. The molecular formula is C25H27N5O4. The molecule has 9 nitrogen and oxygen atoms in total. The van der Waals surface area contributed by atoms with Crippen molar-refractivity contribution in [2.24, 2.45) is 0 Å². The van der Waals surface area contributed by atoms with E-state index in [4.69, 9.17) is 14.5 Å². The van der Waals surface area contributed by atoms with Crippen molar-refractivity contribution < 1.29 is 14.3 Å². The number of carbonyl (C=O) groups excluding carboxylic acids is 1. The first-order chi connectivity index (χ1) is 16.4. The van der Waals surface area contributed by atoms with E-state index in [2.05, 4.69) is 17.2 Å². The Morgan fingerprint density at radius 2 is 2.03 bits per heavy atom. The molecule has 5 fully saturated rings. The summed E-state index contributed by atoms with van der Waals surface area (Å²) in [6.45, 7) is 2.80. The fraction of sp³-hybridized carbons (Fsp3) is 0.520. The lowest BCUT2D eigenvalue weighted by Crippen LogP contribution is -2.45. The summed E-state index contributed by atoms with van der Waals surface area (Å²) < 4.78 is 15.5. The second-order valence-electron chi connectivity index (χ2n) is 10.7. The molecule has 3 aromatic rings. The Labute approximate surface area is 196 Å². The number of carbonyl (C=O) groups is 1. The molecule has 3 aliphatic carbocycles. The van der Waals surface area contributed by atoms with E-state index >= 15 is 0 Å². The van der Waals surface area contributed by atoms with Crippen LogP contribution in [0.15, 0.2) is 35.5 Å². The molecule has 0 spiro atoms. The predicted octanol–water partition coefficient (Wildman–Crippen LogP) is 3.23. The SMILES string of the molecule is CC12CC(c3cn4cc(C(=O)Nc5cccn(C6CC6)c5=O)c(OC5CCC5)nc4n3)(CO1)C2. The number of anilines is 1. The molecular weight excluding hydrogens is 434 g/mol. The first-order valence-corrected chi connectivity index (χ1v) is 12.1. The average molecular weight is 462 g/mol. The van der Waals surface area contributed by atoms with Gasteiger partial charge in [-0.3, -0.25) is 14.0 Å². The second kappa shape index (κ2) is 6.91. The van der Waals surface area contributed by atoms with Crippen LogP contribution < -0.4 is 15.6 Å². The van der Waals surface area contributed by atoms with Gasteiger partial charge in [0.1, 0.15) is 17.4 Å². The molecule has 8 rings (SSSR count). The van der Waals surface area contributed by atoms with Gasteiger partial charge in [-0.1, -0.05) is 0 Å². The van der Waals surface area contributed by atoms with E-state index in [9.17, 15) is 9.59 Å². The molecule has 3 aromatic heterocycles. The van der Waals surface area contributed by atoms with E-state index in [1.807, 2.05) is 6.20 Å². The van der Waals surface area contributed by atoms with E-state index < -0.39 is 5.91 Å². The molecule has 1 amide bonds. The van der Waals surface area contributed by atoms with Crippen molar-refractivity contribution in [3.63, 3.8) is 0 Å². The third-order valence-corrected chi connectivity index (χ3v) is 7.82. The van der Waals surface area contributed by atoms with Crippen LogP contribution in [-0.4, -0.2) is 43.2 Å². The molecule has 0 radical (unpaired) electrons. The van der Waals surface area contributed by atoms with Crippen LogP contribution in [0.2, 0.25) is 0 Å². The number of rotatable bonds is 6. The van der Waals surface area contributed by atoms with Gasteiger partial charge in [0.05, 0.1) is 17.9 Å². The standard InChI is InChI=1S/C25H27N5O4/c1-24-12-25(13-24,14-33-24)19-11-29-10-17(21(28-23(29)27-19)34-16-4-2-5-16)20(31)26-18-6-3-9-30(22(18)32)15-7-8-15/h3,6,9-11,15-16H,2,4-5,7-8,12-14H2,1H3,(H,26,31). The van der Waals surface area contributed by atoms with Gasteiger partial charge in [-0.25, -0.2) is 4.98 Å². The molecule has 2 saturated heterocycles. The molecule has 2 bridgehead atoms. The van der Waals surface area contributed by atoms with Crippen molar-refractivity contribution in [2.75, 3.05) is 11.9 Å². The molecule has 5 heterocycles. The third kappa shape index (κ3) is 3.10. The minimum absolute atomic E-state index is 0.0458. The van der Waals surface area contributed by atoms with Crippen molar-refractivity contribution in [1.82, 2.24) is 18.9 Å². The Morgan fingerprint density at radius 3 is 2.71 bits per heavy atom. The van der Waals surface area contributed by atoms with Crippen LogP contribution in [0.5, 0.6) is 5.88 Å². The van der Waals surface area contributed by atoms with Crippen LogP contribution in [-0.2, 0) is 10.2 Å². The van der Waals surface area contributed by atoms with Crippen molar-refractivity contribution in [2.45, 2.75) is 75.0 Å². The number of imidazole rings is 1. The summed E-state index contributed by atoms with van der Waals surface area (Å²) in [5.74, 6) is 0.360. The van der Waals surface area contributed by atoms with Gasteiger partial charge in [0.15, 0.2) is 0 Å². The minimum atomic E-state index is -0.414. The number of nitrogens with one attached hydrogen (secondary N) is 1. The monoisotopic (exact) mass is 461 g/mol. The Bertz CT molecular complexity index is 1380. The first kappa shape index (κ1) is 20.2. The number of fused-ring (bicyclic) bond motifs is 2. The highest BCUT2D eigenvalue weighted by Gasteiger charge is 2.61. The maximum absolute atomic E-state index is 13.4. The lowest BCUT2D eigenvalue weighted by molar-refractivity contribution is 0.0154. The Kier molecular flexibility index (Phi) is 4.11. The van der Waals surface area contributed by atoms with Gasteiger partial charge in [-0.05, 0) is 64.0 Å². The summed E-state index contributed by atoms with van der Waals surface area (Å²) in [6, 6.07) is 3.66. The summed E-state index contributed by atoms with van der Waals surface area (Å²) in [6.07, 6.45) is 12.4. The number of aromatic nitrogens is 4. The molecule has 5 aliphatic rings. The molecule has 2 aliphatic heterocycles.